The number of piperidine rings is 1. The Bertz CT molecular complexity index is 1240. The minimum atomic E-state index is -1.13. The molecule has 1 aromatic heterocycles. The van der Waals surface area contributed by atoms with E-state index in [9.17, 15) is 9.90 Å². The first-order valence-electron chi connectivity index (χ1n) is 12.2. The molecule has 0 unspecified atom stereocenters. The third kappa shape index (κ3) is 4.70. The Morgan fingerprint density at radius 3 is 2.38 bits per heavy atom. The number of nitrogens with zero attached hydrogens (tertiary/aromatic N) is 1. The number of aromatic amines is 1. The quantitative estimate of drug-likeness (QED) is 0.353. The number of carbonyl (C=O) groups excluding carboxylic acids is 1. The van der Waals surface area contributed by atoms with Crippen LogP contribution in [0.3, 0.4) is 0 Å². The van der Waals surface area contributed by atoms with Gasteiger partial charge in [-0.05, 0) is 62.4 Å². The van der Waals surface area contributed by atoms with E-state index >= 15 is 0 Å². The summed E-state index contributed by atoms with van der Waals surface area (Å²) in [5, 5.41) is 12.3. The first-order chi connectivity index (χ1) is 16.6. The second-order valence-corrected chi connectivity index (χ2v) is 9.58. The maximum Gasteiger partial charge on any atom is 0.195 e. The Hall–Kier alpha value is -3.21. The molecule has 0 aliphatic carbocycles. The van der Waals surface area contributed by atoms with Gasteiger partial charge in [0.15, 0.2) is 5.78 Å². The van der Waals surface area contributed by atoms with Crippen LogP contribution in [0.1, 0.15) is 45.9 Å². The summed E-state index contributed by atoms with van der Waals surface area (Å²) in [4.78, 5) is 19.0. The average Bonchev–Trinajstić information content (AvgIpc) is 3.31. The van der Waals surface area contributed by atoms with Crippen LogP contribution in [-0.4, -0.2) is 40.0 Å². The van der Waals surface area contributed by atoms with Crippen molar-refractivity contribution in [1.29, 1.82) is 0 Å². The summed E-state index contributed by atoms with van der Waals surface area (Å²) in [6.45, 7) is 3.80. The van der Waals surface area contributed by atoms with Crippen LogP contribution < -0.4 is 0 Å². The maximum atomic E-state index is 13.6. The van der Waals surface area contributed by atoms with Crippen molar-refractivity contribution in [3.63, 3.8) is 0 Å². The third-order valence-corrected chi connectivity index (χ3v) is 7.25. The zero-order valence-electron chi connectivity index (χ0n) is 19.7. The monoisotopic (exact) mass is 452 g/mol. The number of likely N-dealkylation sites (tertiary alicyclic amines) is 1. The molecule has 174 valence electrons. The molecular weight excluding hydrogens is 420 g/mol. The van der Waals surface area contributed by atoms with Crippen molar-refractivity contribution >= 4 is 16.7 Å². The Labute approximate surface area is 201 Å². The zero-order valence-corrected chi connectivity index (χ0v) is 19.7. The number of benzene rings is 3. The highest BCUT2D eigenvalue weighted by Crippen LogP contribution is 2.33. The number of ketones is 1. The van der Waals surface area contributed by atoms with Crippen LogP contribution in [0, 0.1) is 12.8 Å². The molecule has 4 heteroatoms. The average molecular weight is 453 g/mol. The van der Waals surface area contributed by atoms with Gasteiger partial charge < -0.3 is 10.1 Å². The van der Waals surface area contributed by atoms with Crippen molar-refractivity contribution in [3.05, 3.63) is 107 Å². The van der Waals surface area contributed by atoms with Gasteiger partial charge in [-0.3, -0.25) is 9.69 Å². The summed E-state index contributed by atoms with van der Waals surface area (Å²) in [7, 11) is 0. The minimum absolute atomic E-state index is 0.227. The molecule has 0 spiro atoms. The minimum Gasteiger partial charge on any atom is -0.383 e. The van der Waals surface area contributed by atoms with Crippen molar-refractivity contribution in [2.45, 2.75) is 38.3 Å². The van der Waals surface area contributed by atoms with Gasteiger partial charge in [0.25, 0.3) is 0 Å². The van der Waals surface area contributed by atoms with Gasteiger partial charge >= 0.3 is 0 Å². The van der Waals surface area contributed by atoms with E-state index in [0.29, 0.717) is 11.5 Å². The predicted molar refractivity (Wildman–Crippen MR) is 137 cm³/mol. The fourth-order valence-corrected chi connectivity index (χ4v) is 5.32. The van der Waals surface area contributed by atoms with E-state index < -0.39 is 6.10 Å². The van der Waals surface area contributed by atoms with Gasteiger partial charge in [-0.1, -0.05) is 78.4 Å². The number of aryl methyl sites for hydroxylation is 1. The molecule has 2 atom stereocenters. The summed E-state index contributed by atoms with van der Waals surface area (Å²) < 4.78 is 0. The van der Waals surface area contributed by atoms with E-state index in [1.54, 1.807) is 6.20 Å². The predicted octanol–water partition coefficient (Wildman–Crippen LogP) is 5.72. The van der Waals surface area contributed by atoms with Gasteiger partial charge in [-0.2, -0.15) is 0 Å². The largest absolute Gasteiger partial charge is 0.383 e. The van der Waals surface area contributed by atoms with Crippen LogP contribution in [0.15, 0.2) is 85.1 Å². The summed E-state index contributed by atoms with van der Waals surface area (Å²) >= 11 is 0. The van der Waals surface area contributed by atoms with Crippen LogP contribution in [0.4, 0.5) is 0 Å². The Morgan fingerprint density at radius 2 is 1.65 bits per heavy atom. The molecule has 1 fully saturated rings. The Balaban J connectivity index is 1.37. The highest BCUT2D eigenvalue weighted by Gasteiger charge is 2.36. The van der Waals surface area contributed by atoms with E-state index in [0.717, 1.165) is 48.8 Å². The lowest BCUT2D eigenvalue weighted by Gasteiger charge is -2.39. The van der Waals surface area contributed by atoms with Gasteiger partial charge in [0.05, 0.1) is 6.04 Å². The Kier molecular flexibility index (Phi) is 6.61. The molecule has 0 amide bonds. The molecule has 3 aromatic carbocycles. The van der Waals surface area contributed by atoms with Crippen molar-refractivity contribution in [2.24, 2.45) is 5.92 Å². The van der Waals surface area contributed by atoms with Crippen LogP contribution in [0.2, 0.25) is 0 Å². The molecule has 34 heavy (non-hydrogen) atoms. The molecule has 0 bridgehead atoms. The number of Topliss-reactive ketones (excluding diaryl/α,β-unsaturated/α-hetero) is 1. The molecule has 1 aliphatic rings. The lowest BCUT2D eigenvalue weighted by atomic mass is 9.87. The summed E-state index contributed by atoms with van der Waals surface area (Å²) in [5.41, 5.74) is 5.01. The molecule has 2 N–H and O–H groups in total. The van der Waals surface area contributed by atoms with Crippen LogP contribution >= 0.6 is 0 Å². The number of para-hydroxylation sites is 1. The van der Waals surface area contributed by atoms with Crippen molar-refractivity contribution in [3.8, 4) is 0 Å². The molecule has 1 aliphatic heterocycles. The van der Waals surface area contributed by atoms with Gasteiger partial charge in [-0.15, -0.1) is 0 Å². The van der Waals surface area contributed by atoms with E-state index in [-0.39, 0.29) is 11.8 Å². The summed E-state index contributed by atoms with van der Waals surface area (Å²) in [5.74, 6) is 0.396. The van der Waals surface area contributed by atoms with Gasteiger partial charge in [0.1, 0.15) is 6.10 Å². The number of rotatable bonds is 7. The number of aromatic nitrogens is 1. The van der Waals surface area contributed by atoms with Crippen molar-refractivity contribution in [2.75, 3.05) is 13.1 Å². The first kappa shape index (κ1) is 22.6. The lowest BCUT2D eigenvalue weighted by Crippen LogP contribution is -2.44. The van der Waals surface area contributed by atoms with Gasteiger partial charge in [-0.25, -0.2) is 0 Å². The normalized spacial score (nSPS) is 17.0. The molecule has 1 saturated heterocycles. The van der Waals surface area contributed by atoms with E-state index in [4.69, 9.17) is 0 Å². The number of hydrogen-bond acceptors (Lipinski definition) is 3. The highest BCUT2D eigenvalue weighted by atomic mass is 16.3. The zero-order chi connectivity index (χ0) is 23.5. The van der Waals surface area contributed by atoms with Crippen LogP contribution in [-0.2, 0) is 6.42 Å². The first-order valence-corrected chi connectivity index (χ1v) is 12.2. The van der Waals surface area contributed by atoms with Crippen LogP contribution in [0.5, 0.6) is 0 Å². The number of fused-ring (bicyclic) bond motifs is 1. The number of nitrogens with one attached hydrogen (secondary N) is 1. The molecule has 5 rings (SSSR count). The topological polar surface area (TPSA) is 56.3 Å². The molecule has 0 saturated carbocycles. The highest BCUT2D eigenvalue weighted by molar-refractivity contribution is 6.10. The molecule has 4 nitrogen and oxygen atoms in total. The molecule has 2 heterocycles. The van der Waals surface area contributed by atoms with E-state index in [2.05, 4.69) is 71.4 Å². The standard InChI is InChI=1S/C30H32N2O2/c1-21-11-13-24(14-12-21)28(30(34)29(33)26-20-31-27-10-6-5-9-25(26)27)32-17-15-23(16-18-32)19-22-7-3-2-4-8-22/h2-14,20,23,28,30-31,34H,15-19H2,1H3/t28-,30+/m0/s1. The molecular formula is C30H32N2O2. The number of hydrogen-bond donors (Lipinski definition) is 2. The number of aliphatic hydroxyl groups excluding tert-OH is 1. The summed E-state index contributed by atoms with van der Waals surface area (Å²) in [6, 6.07) is 26.3. The van der Waals surface area contributed by atoms with Crippen molar-refractivity contribution in [1.82, 2.24) is 9.88 Å². The van der Waals surface area contributed by atoms with E-state index in [1.807, 2.05) is 24.3 Å². The van der Waals surface area contributed by atoms with Crippen molar-refractivity contribution < 1.29 is 9.90 Å². The molecule has 0 radical (unpaired) electrons. The van der Waals surface area contributed by atoms with Crippen LogP contribution in [0.25, 0.3) is 10.9 Å². The fourth-order valence-electron chi connectivity index (χ4n) is 5.32. The van der Waals surface area contributed by atoms with Gasteiger partial charge in [0.2, 0.25) is 0 Å². The summed E-state index contributed by atoms with van der Waals surface area (Å²) in [6.07, 6.45) is 3.80. The maximum absolute atomic E-state index is 13.6. The number of H-pyrrole nitrogens is 1. The number of carbonyl (C=O) groups is 1. The third-order valence-electron chi connectivity index (χ3n) is 7.25. The fraction of sp³-hybridized carbons (Fsp3) is 0.300. The second-order valence-electron chi connectivity index (χ2n) is 9.58. The van der Waals surface area contributed by atoms with E-state index in [1.165, 1.54) is 11.1 Å². The lowest BCUT2D eigenvalue weighted by molar-refractivity contribution is 0.0265. The number of aliphatic hydroxyl groups is 1. The Morgan fingerprint density at radius 1 is 0.971 bits per heavy atom. The SMILES string of the molecule is Cc1ccc([C@@H]([C@@H](O)C(=O)c2c[nH]c3ccccc23)N2CCC(Cc3ccccc3)CC2)cc1. The smallest absolute Gasteiger partial charge is 0.195 e. The van der Waals surface area contributed by atoms with Gasteiger partial charge in [0, 0.05) is 22.7 Å². The molecule has 4 aromatic rings. The second kappa shape index (κ2) is 9.96.